The Bertz CT molecular complexity index is 1360. The van der Waals surface area contributed by atoms with Crippen LogP contribution < -0.4 is 10.1 Å². The number of hydrogen-bond donors (Lipinski definition) is 1. The van der Waals surface area contributed by atoms with Crippen LogP contribution in [-0.4, -0.2) is 31.6 Å². The number of hydrogen-bond acceptors (Lipinski definition) is 5. The fourth-order valence-corrected chi connectivity index (χ4v) is 4.70. The number of halogens is 2. The lowest BCUT2D eigenvalue weighted by molar-refractivity contribution is 0.227. The molecule has 7 nitrogen and oxygen atoms in total. The Hall–Kier alpha value is -3.39. The SMILES string of the molecule is CCn1nc(Cl)c2c1-c1cnc(NC)c(c1)O[C@H](C)c1cc(F)ccc1-c1nn(C)cc1C2. The summed E-state index contributed by atoms with van der Waals surface area (Å²) in [6.07, 6.45) is 3.83. The van der Waals surface area contributed by atoms with Crippen molar-refractivity contribution in [3.8, 4) is 28.3 Å². The van der Waals surface area contributed by atoms with Crippen LogP contribution >= 0.6 is 11.6 Å². The number of rotatable bonds is 2. The van der Waals surface area contributed by atoms with Crippen molar-refractivity contribution in [1.29, 1.82) is 0 Å². The summed E-state index contributed by atoms with van der Waals surface area (Å²) >= 11 is 6.65. The molecular weight excluding hydrogens is 443 g/mol. The zero-order valence-corrected chi connectivity index (χ0v) is 19.6. The van der Waals surface area contributed by atoms with E-state index >= 15 is 0 Å². The number of pyridine rings is 1. The maximum Gasteiger partial charge on any atom is 0.168 e. The normalized spacial score (nSPS) is 14.9. The van der Waals surface area contributed by atoms with Crippen LogP contribution in [0.4, 0.5) is 10.2 Å². The molecule has 0 aliphatic carbocycles. The topological polar surface area (TPSA) is 69.8 Å². The summed E-state index contributed by atoms with van der Waals surface area (Å²) in [4.78, 5) is 4.58. The van der Waals surface area contributed by atoms with E-state index < -0.39 is 6.10 Å². The molecule has 1 N–H and O–H groups in total. The van der Waals surface area contributed by atoms with Gasteiger partial charge in [-0.05, 0) is 38.1 Å². The molecule has 0 saturated carbocycles. The van der Waals surface area contributed by atoms with E-state index in [0.717, 1.165) is 33.6 Å². The molecule has 4 heterocycles. The third-order valence-electron chi connectivity index (χ3n) is 5.95. The first-order valence-corrected chi connectivity index (χ1v) is 11.2. The molecule has 1 aliphatic heterocycles. The summed E-state index contributed by atoms with van der Waals surface area (Å²) in [5, 5.41) is 12.8. The minimum absolute atomic E-state index is 0.330. The molecule has 5 rings (SSSR count). The molecule has 0 fully saturated rings. The molecule has 0 saturated heterocycles. The highest BCUT2D eigenvalue weighted by atomic mass is 35.5. The Balaban J connectivity index is 1.83. The Morgan fingerprint density at radius 1 is 1.27 bits per heavy atom. The van der Waals surface area contributed by atoms with Crippen molar-refractivity contribution >= 4 is 17.4 Å². The standard InChI is InChI=1S/C24H24ClFN6O/c1-5-32-22-14-9-20(24(27-3)28-11-14)33-13(2)18-10-16(26)6-7-17(18)21-15(12-31(4)29-21)8-19(22)23(25)30-32/h6-7,9-13H,5,8H2,1-4H3,(H,27,28)/t13-/m1/s1. The van der Waals surface area contributed by atoms with Gasteiger partial charge in [-0.3, -0.25) is 9.36 Å². The summed E-state index contributed by atoms with van der Waals surface area (Å²) in [6.45, 7) is 4.57. The van der Waals surface area contributed by atoms with Crippen LogP contribution in [0.2, 0.25) is 5.15 Å². The van der Waals surface area contributed by atoms with Gasteiger partial charge < -0.3 is 10.1 Å². The fraction of sp³-hybridized carbons (Fsp3) is 0.292. The zero-order chi connectivity index (χ0) is 23.3. The van der Waals surface area contributed by atoms with Gasteiger partial charge in [-0.2, -0.15) is 10.2 Å². The molecule has 0 radical (unpaired) electrons. The first kappa shape index (κ1) is 21.5. The second-order valence-corrected chi connectivity index (χ2v) is 8.46. The molecule has 2 bridgehead atoms. The quantitative estimate of drug-likeness (QED) is 0.437. The highest BCUT2D eigenvalue weighted by molar-refractivity contribution is 6.30. The lowest BCUT2D eigenvalue weighted by Gasteiger charge is -2.21. The monoisotopic (exact) mass is 466 g/mol. The van der Waals surface area contributed by atoms with Crippen LogP contribution in [-0.2, 0) is 20.0 Å². The highest BCUT2D eigenvalue weighted by Gasteiger charge is 2.26. The van der Waals surface area contributed by atoms with Gasteiger partial charge in [0.05, 0.1) is 11.4 Å². The second-order valence-electron chi connectivity index (χ2n) is 8.10. The number of nitrogens with zero attached hydrogens (tertiary/aromatic N) is 5. The summed E-state index contributed by atoms with van der Waals surface area (Å²) < 4.78 is 24.3. The van der Waals surface area contributed by atoms with E-state index in [2.05, 4.69) is 15.4 Å². The van der Waals surface area contributed by atoms with Crippen molar-refractivity contribution in [1.82, 2.24) is 24.5 Å². The molecule has 1 aromatic carbocycles. The number of benzene rings is 1. The highest BCUT2D eigenvalue weighted by Crippen LogP contribution is 2.40. The van der Waals surface area contributed by atoms with Gasteiger partial charge in [0.1, 0.15) is 11.9 Å². The summed E-state index contributed by atoms with van der Waals surface area (Å²) in [7, 11) is 3.66. The van der Waals surface area contributed by atoms with Crippen molar-refractivity contribution in [2.75, 3.05) is 12.4 Å². The number of aromatic nitrogens is 5. The molecule has 1 aliphatic rings. The van der Waals surface area contributed by atoms with Crippen molar-refractivity contribution in [2.45, 2.75) is 32.9 Å². The summed E-state index contributed by atoms with van der Waals surface area (Å²) in [5.74, 6) is 0.823. The Morgan fingerprint density at radius 3 is 2.85 bits per heavy atom. The maximum absolute atomic E-state index is 14.3. The Labute approximate surface area is 196 Å². The van der Waals surface area contributed by atoms with Crippen LogP contribution in [0.25, 0.3) is 22.5 Å². The van der Waals surface area contributed by atoms with Crippen LogP contribution in [0.15, 0.2) is 36.7 Å². The van der Waals surface area contributed by atoms with Gasteiger partial charge in [0.15, 0.2) is 16.7 Å². The zero-order valence-electron chi connectivity index (χ0n) is 18.9. The van der Waals surface area contributed by atoms with Crippen LogP contribution in [0, 0.1) is 5.82 Å². The van der Waals surface area contributed by atoms with E-state index in [1.54, 1.807) is 24.0 Å². The molecule has 9 heteroatoms. The summed E-state index contributed by atoms with van der Waals surface area (Å²) in [6, 6.07) is 6.65. The molecule has 3 aromatic heterocycles. The van der Waals surface area contributed by atoms with Gasteiger partial charge in [0.25, 0.3) is 0 Å². The largest absolute Gasteiger partial charge is 0.482 e. The van der Waals surface area contributed by atoms with E-state index in [4.69, 9.17) is 21.4 Å². The van der Waals surface area contributed by atoms with Crippen molar-refractivity contribution in [2.24, 2.45) is 7.05 Å². The van der Waals surface area contributed by atoms with Crippen LogP contribution in [0.3, 0.4) is 0 Å². The van der Waals surface area contributed by atoms with E-state index in [1.807, 2.05) is 37.8 Å². The average molecular weight is 467 g/mol. The smallest absolute Gasteiger partial charge is 0.168 e. The molecular formula is C24H24ClFN6O. The van der Waals surface area contributed by atoms with Gasteiger partial charge in [-0.15, -0.1) is 0 Å². The molecule has 0 amide bonds. The second kappa shape index (κ2) is 8.19. The lowest BCUT2D eigenvalue weighted by Crippen LogP contribution is -2.10. The number of nitrogens with one attached hydrogen (secondary N) is 1. The number of aryl methyl sites for hydroxylation is 2. The minimum Gasteiger partial charge on any atom is -0.482 e. The van der Waals surface area contributed by atoms with Crippen LogP contribution in [0.1, 0.15) is 36.6 Å². The van der Waals surface area contributed by atoms with E-state index in [9.17, 15) is 4.39 Å². The first-order chi connectivity index (χ1) is 15.9. The first-order valence-electron chi connectivity index (χ1n) is 10.8. The number of ether oxygens (including phenoxy) is 1. The molecule has 0 spiro atoms. The van der Waals surface area contributed by atoms with Crippen molar-refractivity contribution in [3.63, 3.8) is 0 Å². The molecule has 4 aromatic rings. The predicted molar refractivity (Wildman–Crippen MR) is 126 cm³/mol. The van der Waals surface area contributed by atoms with Crippen molar-refractivity contribution < 1.29 is 9.13 Å². The van der Waals surface area contributed by atoms with E-state index in [1.165, 1.54) is 12.1 Å². The lowest BCUT2D eigenvalue weighted by atomic mass is 9.94. The third kappa shape index (κ3) is 3.64. The Morgan fingerprint density at radius 2 is 2.09 bits per heavy atom. The van der Waals surface area contributed by atoms with Crippen LogP contribution in [0.5, 0.6) is 5.75 Å². The maximum atomic E-state index is 14.3. The number of fused-ring (bicyclic) bond motifs is 7. The predicted octanol–water partition coefficient (Wildman–Crippen LogP) is 5.24. The van der Waals surface area contributed by atoms with E-state index in [-0.39, 0.29) is 5.82 Å². The molecule has 170 valence electrons. The Kier molecular flexibility index (Phi) is 5.32. The van der Waals surface area contributed by atoms with Gasteiger partial charge in [0, 0.05) is 67.3 Å². The fourth-order valence-electron chi connectivity index (χ4n) is 4.45. The van der Waals surface area contributed by atoms with Gasteiger partial charge in [-0.1, -0.05) is 11.6 Å². The third-order valence-corrected chi connectivity index (χ3v) is 6.25. The number of anilines is 1. The van der Waals surface area contributed by atoms with Gasteiger partial charge >= 0.3 is 0 Å². The average Bonchev–Trinajstić information content (AvgIpc) is 3.32. The minimum atomic E-state index is -0.451. The summed E-state index contributed by atoms with van der Waals surface area (Å²) in [5.41, 5.74) is 5.88. The molecule has 1 atom stereocenters. The van der Waals surface area contributed by atoms with Gasteiger partial charge in [-0.25, -0.2) is 9.37 Å². The van der Waals surface area contributed by atoms with Crippen molar-refractivity contribution in [3.05, 3.63) is 64.3 Å². The molecule has 33 heavy (non-hydrogen) atoms. The van der Waals surface area contributed by atoms with Gasteiger partial charge in [0.2, 0.25) is 0 Å². The van der Waals surface area contributed by atoms with E-state index in [0.29, 0.717) is 35.2 Å². The molecule has 0 unspecified atom stereocenters.